The minimum Gasteiger partial charge on any atom is -0.506 e. The number of nitro benzene ring substituents is 1. The second-order valence-electron chi connectivity index (χ2n) is 5.03. The van der Waals surface area contributed by atoms with E-state index in [0.717, 1.165) is 17.4 Å². The van der Waals surface area contributed by atoms with Gasteiger partial charge < -0.3 is 15.8 Å². The molecule has 10 heteroatoms. The molecule has 4 N–H and O–H groups in total. The van der Waals surface area contributed by atoms with E-state index in [1.54, 1.807) is 18.2 Å². The summed E-state index contributed by atoms with van der Waals surface area (Å²) in [5.74, 6) is -0.767. The molecule has 8 nitrogen and oxygen atoms in total. The molecule has 0 saturated carbocycles. The quantitative estimate of drug-likeness (QED) is 0.355. The molecular weight excluding hydrogens is 366 g/mol. The van der Waals surface area contributed by atoms with Gasteiger partial charge in [0.2, 0.25) is 0 Å². The minimum atomic E-state index is -0.752. The molecule has 2 heterocycles. The normalized spacial score (nSPS) is 10.9. The predicted octanol–water partition coefficient (Wildman–Crippen LogP) is 2.59. The highest BCUT2D eigenvalue weighted by Crippen LogP contribution is 2.41. The molecule has 0 bridgehead atoms. The smallest absolute Gasteiger partial charge is 0.273 e. The maximum Gasteiger partial charge on any atom is 0.273 e. The van der Waals surface area contributed by atoms with Crippen LogP contribution in [-0.4, -0.2) is 20.9 Å². The van der Waals surface area contributed by atoms with Gasteiger partial charge in [-0.2, -0.15) is 0 Å². The lowest BCUT2D eigenvalue weighted by Crippen LogP contribution is -2.13. The van der Waals surface area contributed by atoms with Crippen LogP contribution in [0.1, 0.15) is 15.9 Å². The Morgan fingerprint density at radius 1 is 1.40 bits per heavy atom. The molecule has 25 heavy (non-hydrogen) atoms. The highest BCUT2D eigenvalue weighted by molar-refractivity contribution is 8.00. The molecule has 3 rings (SSSR count). The third-order valence-corrected chi connectivity index (χ3v) is 5.95. The number of primary amides is 1. The standard InChI is InChI=1S/C15H11N3O5S2/c16-14(21)11-12-13(9(19)5-10(20)17-12)25-15(11)24-6-7-3-1-2-4-8(7)18(22)23/h1-5H,6H2,(H2,16,21)(H2,17,19,20). The molecule has 0 aliphatic heterocycles. The van der Waals surface area contributed by atoms with Crippen molar-refractivity contribution in [3.05, 3.63) is 61.9 Å². The molecule has 2 aromatic heterocycles. The maximum atomic E-state index is 11.8. The Morgan fingerprint density at radius 2 is 2.12 bits per heavy atom. The van der Waals surface area contributed by atoms with Crippen LogP contribution in [0.4, 0.5) is 5.69 Å². The van der Waals surface area contributed by atoms with Crippen molar-refractivity contribution in [3.63, 3.8) is 0 Å². The van der Waals surface area contributed by atoms with Gasteiger partial charge in [-0.25, -0.2) is 0 Å². The first-order valence-corrected chi connectivity index (χ1v) is 8.72. The van der Waals surface area contributed by atoms with E-state index in [1.807, 2.05) is 0 Å². The molecule has 3 aromatic rings. The fourth-order valence-corrected chi connectivity index (χ4v) is 4.79. The average molecular weight is 377 g/mol. The van der Waals surface area contributed by atoms with Crippen LogP contribution < -0.4 is 11.3 Å². The number of nitro groups is 1. The molecule has 0 radical (unpaired) electrons. The number of pyridine rings is 1. The Kier molecular flexibility index (Phi) is 4.47. The maximum absolute atomic E-state index is 11.8. The van der Waals surface area contributed by atoms with E-state index in [1.165, 1.54) is 17.8 Å². The number of H-pyrrole nitrogens is 1. The van der Waals surface area contributed by atoms with Gasteiger partial charge in [-0.05, 0) is 0 Å². The molecule has 0 aliphatic rings. The summed E-state index contributed by atoms with van der Waals surface area (Å²) in [5, 5.41) is 21.0. The number of carbonyl (C=O) groups excluding carboxylic acids is 1. The van der Waals surface area contributed by atoms with Crippen LogP contribution in [0.25, 0.3) is 10.2 Å². The van der Waals surface area contributed by atoms with Crippen molar-refractivity contribution in [2.75, 3.05) is 0 Å². The van der Waals surface area contributed by atoms with Gasteiger partial charge in [0, 0.05) is 23.4 Å². The largest absolute Gasteiger partial charge is 0.506 e. The number of nitrogens with zero attached hydrogens (tertiary/aromatic N) is 1. The van der Waals surface area contributed by atoms with Crippen LogP contribution in [0.2, 0.25) is 0 Å². The van der Waals surface area contributed by atoms with Crippen molar-refractivity contribution in [2.24, 2.45) is 5.73 Å². The molecule has 0 saturated heterocycles. The van der Waals surface area contributed by atoms with Gasteiger partial charge >= 0.3 is 0 Å². The Hall–Kier alpha value is -2.85. The highest BCUT2D eigenvalue weighted by atomic mass is 32.2. The third-order valence-electron chi connectivity index (χ3n) is 3.42. The first kappa shape index (κ1) is 17.0. The summed E-state index contributed by atoms with van der Waals surface area (Å²) in [6.45, 7) is 0. The van der Waals surface area contributed by atoms with Gasteiger partial charge in [-0.1, -0.05) is 18.2 Å². The van der Waals surface area contributed by atoms with Gasteiger partial charge in [-0.15, -0.1) is 23.1 Å². The molecule has 0 atom stereocenters. The van der Waals surface area contributed by atoms with Crippen molar-refractivity contribution in [1.82, 2.24) is 4.98 Å². The van der Waals surface area contributed by atoms with E-state index >= 15 is 0 Å². The van der Waals surface area contributed by atoms with E-state index in [4.69, 9.17) is 5.73 Å². The van der Waals surface area contributed by atoms with Crippen LogP contribution in [0, 0.1) is 10.1 Å². The number of nitrogens with one attached hydrogen (secondary N) is 1. The molecule has 0 spiro atoms. The third kappa shape index (κ3) is 3.21. The zero-order valence-corrected chi connectivity index (χ0v) is 14.1. The summed E-state index contributed by atoms with van der Waals surface area (Å²) in [4.78, 5) is 36.5. The lowest BCUT2D eigenvalue weighted by Gasteiger charge is -2.03. The first-order valence-electron chi connectivity index (χ1n) is 6.92. The monoisotopic (exact) mass is 377 g/mol. The van der Waals surface area contributed by atoms with Crippen molar-refractivity contribution in [2.45, 2.75) is 9.96 Å². The molecule has 1 amide bonds. The van der Waals surface area contributed by atoms with E-state index < -0.39 is 16.4 Å². The number of amides is 1. The summed E-state index contributed by atoms with van der Waals surface area (Å²) in [7, 11) is 0. The number of nitrogens with two attached hydrogens (primary N) is 1. The second kappa shape index (κ2) is 6.57. The molecule has 0 aliphatic carbocycles. The SMILES string of the molecule is NC(=O)c1c(SCc2ccccc2[N+](=O)[O-])sc2c(O)cc(=O)[nH]c12. The zero-order valence-electron chi connectivity index (χ0n) is 12.5. The number of carbonyl (C=O) groups is 1. The Balaban J connectivity index is 2.04. The Bertz CT molecular complexity index is 1060. The number of aromatic nitrogens is 1. The lowest BCUT2D eigenvalue weighted by molar-refractivity contribution is -0.385. The molecular formula is C15H11N3O5S2. The number of aromatic hydroxyl groups is 1. The summed E-state index contributed by atoms with van der Waals surface area (Å²) in [5.41, 5.74) is 5.60. The molecule has 128 valence electrons. The van der Waals surface area contributed by atoms with Gasteiger partial charge in [0.15, 0.2) is 0 Å². The summed E-state index contributed by atoms with van der Waals surface area (Å²) in [6, 6.07) is 7.30. The molecule has 0 unspecified atom stereocenters. The summed E-state index contributed by atoms with van der Waals surface area (Å²) in [6.07, 6.45) is 0. The fraction of sp³-hybridized carbons (Fsp3) is 0.0667. The number of benzene rings is 1. The van der Waals surface area contributed by atoms with Crippen molar-refractivity contribution in [3.8, 4) is 5.75 Å². The molecule has 1 aromatic carbocycles. The number of rotatable bonds is 5. The number of thiophene rings is 1. The number of hydrogen-bond acceptors (Lipinski definition) is 7. The van der Waals surface area contributed by atoms with Crippen LogP contribution in [0.5, 0.6) is 5.75 Å². The first-order chi connectivity index (χ1) is 11.9. The van der Waals surface area contributed by atoms with Gasteiger partial charge in [0.05, 0.1) is 24.9 Å². The van der Waals surface area contributed by atoms with Gasteiger partial charge in [0.1, 0.15) is 5.75 Å². The fourth-order valence-electron chi connectivity index (χ4n) is 2.34. The number of aromatic amines is 1. The molecule has 0 fully saturated rings. The van der Waals surface area contributed by atoms with E-state index in [9.17, 15) is 24.8 Å². The van der Waals surface area contributed by atoms with Crippen LogP contribution in [-0.2, 0) is 5.75 Å². The topological polar surface area (TPSA) is 139 Å². The number of para-hydroxylation sites is 1. The minimum absolute atomic E-state index is 0.0204. The second-order valence-corrected chi connectivity index (χ2v) is 7.29. The Morgan fingerprint density at radius 3 is 2.80 bits per heavy atom. The number of thioether (sulfide) groups is 1. The van der Waals surface area contributed by atoms with Crippen LogP contribution >= 0.6 is 23.1 Å². The summed E-state index contributed by atoms with van der Waals surface area (Å²) < 4.78 is 0.802. The highest BCUT2D eigenvalue weighted by Gasteiger charge is 2.21. The Labute approximate surface area is 148 Å². The van der Waals surface area contributed by atoms with E-state index in [0.29, 0.717) is 14.5 Å². The van der Waals surface area contributed by atoms with Gasteiger partial charge in [0.25, 0.3) is 17.2 Å². The van der Waals surface area contributed by atoms with E-state index in [-0.39, 0.29) is 28.3 Å². The zero-order chi connectivity index (χ0) is 18.1. The lowest BCUT2D eigenvalue weighted by atomic mass is 10.2. The predicted molar refractivity (Wildman–Crippen MR) is 95.3 cm³/mol. The summed E-state index contributed by atoms with van der Waals surface area (Å²) >= 11 is 2.27. The van der Waals surface area contributed by atoms with Gasteiger partial charge in [-0.3, -0.25) is 19.7 Å². The van der Waals surface area contributed by atoms with Crippen molar-refractivity contribution < 1.29 is 14.8 Å². The van der Waals surface area contributed by atoms with Crippen LogP contribution in [0.3, 0.4) is 0 Å². The van der Waals surface area contributed by atoms with E-state index in [2.05, 4.69) is 4.98 Å². The van der Waals surface area contributed by atoms with Crippen LogP contribution in [0.15, 0.2) is 39.3 Å². The van der Waals surface area contributed by atoms with Crippen molar-refractivity contribution >= 4 is 44.9 Å². The van der Waals surface area contributed by atoms with Crippen molar-refractivity contribution in [1.29, 1.82) is 0 Å². The average Bonchev–Trinajstić information content (AvgIpc) is 2.91. The number of fused-ring (bicyclic) bond motifs is 1. The number of hydrogen-bond donors (Lipinski definition) is 3.